The standard InChI is InChI=1S/C4H7NO2/c5-4(1-6)2-7-3-4/h1H,2-3,5H2. The minimum absolute atomic E-state index is 0.385. The molecule has 1 aliphatic rings. The van der Waals surface area contributed by atoms with Gasteiger partial charge in [-0.25, -0.2) is 0 Å². The summed E-state index contributed by atoms with van der Waals surface area (Å²) in [6.07, 6.45) is 0.733. The third kappa shape index (κ3) is 0.642. The van der Waals surface area contributed by atoms with Crippen molar-refractivity contribution in [2.75, 3.05) is 13.2 Å². The van der Waals surface area contributed by atoms with Crippen LogP contribution in [-0.2, 0) is 9.53 Å². The number of hydrogen-bond donors (Lipinski definition) is 1. The van der Waals surface area contributed by atoms with Crippen molar-refractivity contribution in [2.24, 2.45) is 5.73 Å². The van der Waals surface area contributed by atoms with Crippen LogP contribution in [-0.4, -0.2) is 25.0 Å². The largest absolute Gasteiger partial charge is 0.377 e. The van der Waals surface area contributed by atoms with Gasteiger partial charge in [-0.05, 0) is 0 Å². The van der Waals surface area contributed by atoms with Gasteiger partial charge in [-0.2, -0.15) is 0 Å². The summed E-state index contributed by atoms with van der Waals surface area (Å²) in [5.74, 6) is 0. The second kappa shape index (κ2) is 1.28. The quantitative estimate of drug-likeness (QED) is 0.427. The first-order valence-corrected chi connectivity index (χ1v) is 2.10. The smallest absolute Gasteiger partial charge is 0.144 e. The van der Waals surface area contributed by atoms with E-state index >= 15 is 0 Å². The highest BCUT2D eigenvalue weighted by molar-refractivity contribution is 5.65. The number of carbonyl (C=O) groups is 1. The highest BCUT2D eigenvalue weighted by Gasteiger charge is 2.33. The molecule has 2 N–H and O–H groups in total. The Morgan fingerprint density at radius 2 is 2.29 bits per heavy atom. The summed E-state index contributed by atoms with van der Waals surface area (Å²) in [7, 11) is 0. The number of ether oxygens (including phenoxy) is 1. The molecule has 0 saturated carbocycles. The van der Waals surface area contributed by atoms with Gasteiger partial charge in [0.05, 0.1) is 13.2 Å². The van der Waals surface area contributed by atoms with E-state index in [1.165, 1.54) is 0 Å². The fourth-order valence-electron chi connectivity index (χ4n) is 0.406. The molecule has 0 spiro atoms. The molecule has 1 aliphatic heterocycles. The molecule has 1 fully saturated rings. The van der Waals surface area contributed by atoms with Gasteiger partial charge in [0.1, 0.15) is 11.8 Å². The third-order valence-electron chi connectivity index (χ3n) is 0.976. The summed E-state index contributed by atoms with van der Waals surface area (Å²) >= 11 is 0. The predicted octanol–water partition coefficient (Wildman–Crippen LogP) is -1.09. The molecule has 0 radical (unpaired) electrons. The molecule has 0 atom stereocenters. The Morgan fingerprint density at radius 3 is 2.29 bits per heavy atom. The fourth-order valence-corrected chi connectivity index (χ4v) is 0.406. The average molecular weight is 101 g/mol. The van der Waals surface area contributed by atoms with E-state index in [0.29, 0.717) is 13.2 Å². The summed E-state index contributed by atoms with van der Waals surface area (Å²) in [6, 6.07) is 0. The Bertz CT molecular complexity index is 87.7. The zero-order chi connectivity index (χ0) is 5.33. The summed E-state index contributed by atoms with van der Waals surface area (Å²) < 4.78 is 4.67. The molecule has 1 rings (SSSR count). The summed E-state index contributed by atoms with van der Waals surface area (Å²) in [5.41, 5.74) is 4.67. The Hall–Kier alpha value is -0.410. The lowest BCUT2D eigenvalue weighted by atomic mass is 10.0. The lowest BCUT2D eigenvalue weighted by Crippen LogP contribution is -2.58. The molecule has 0 aromatic carbocycles. The third-order valence-corrected chi connectivity index (χ3v) is 0.976. The molecule has 1 heterocycles. The lowest BCUT2D eigenvalue weighted by Gasteiger charge is -2.31. The Labute approximate surface area is 41.4 Å². The Balaban J connectivity index is 2.43. The molecular formula is C4H7NO2. The zero-order valence-electron chi connectivity index (χ0n) is 3.89. The van der Waals surface area contributed by atoms with Crippen LogP contribution in [0.15, 0.2) is 0 Å². The maximum absolute atomic E-state index is 9.90. The van der Waals surface area contributed by atoms with Crippen molar-refractivity contribution in [3.63, 3.8) is 0 Å². The van der Waals surface area contributed by atoms with Crippen molar-refractivity contribution < 1.29 is 9.53 Å². The SMILES string of the molecule is NC1(C=O)COC1. The van der Waals surface area contributed by atoms with E-state index in [9.17, 15) is 4.79 Å². The van der Waals surface area contributed by atoms with Crippen molar-refractivity contribution in [3.05, 3.63) is 0 Å². The van der Waals surface area contributed by atoms with Crippen molar-refractivity contribution in [3.8, 4) is 0 Å². The molecule has 40 valence electrons. The van der Waals surface area contributed by atoms with Gasteiger partial charge in [-0.1, -0.05) is 0 Å². The first-order valence-electron chi connectivity index (χ1n) is 2.10. The second-order valence-electron chi connectivity index (χ2n) is 1.84. The topological polar surface area (TPSA) is 52.3 Å². The molecule has 0 bridgehead atoms. The normalized spacial score (nSPS) is 25.9. The van der Waals surface area contributed by atoms with Gasteiger partial charge in [0.2, 0.25) is 0 Å². The maximum Gasteiger partial charge on any atom is 0.144 e. The van der Waals surface area contributed by atoms with Crippen LogP contribution < -0.4 is 5.73 Å². The Morgan fingerprint density at radius 1 is 1.71 bits per heavy atom. The molecule has 3 nitrogen and oxygen atoms in total. The van der Waals surface area contributed by atoms with E-state index in [2.05, 4.69) is 4.74 Å². The first kappa shape index (κ1) is 4.74. The minimum Gasteiger partial charge on any atom is -0.377 e. The minimum atomic E-state index is -0.639. The molecule has 1 saturated heterocycles. The second-order valence-corrected chi connectivity index (χ2v) is 1.84. The van der Waals surface area contributed by atoms with E-state index in [-0.39, 0.29) is 0 Å². The van der Waals surface area contributed by atoms with Gasteiger partial charge >= 0.3 is 0 Å². The molecule has 0 aromatic rings. The Kier molecular flexibility index (Phi) is 0.867. The van der Waals surface area contributed by atoms with Crippen LogP contribution >= 0.6 is 0 Å². The van der Waals surface area contributed by atoms with Gasteiger partial charge < -0.3 is 15.3 Å². The predicted molar refractivity (Wildman–Crippen MR) is 23.8 cm³/mol. The van der Waals surface area contributed by atoms with E-state index in [1.54, 1.807) is 0 Å². The molecular weight excluding hydrogens is 94.0 g/mol. The first-order chi connectivity index (χ1) is 3.27. The van der Waals surface area contributed by atoms with E-state index in [1.807, 2.05) is 0 Å². The van der Waals surface area contributed by atoms with Crippen molar-refractivity contribution in [1.82, 2.24) is 0 Å². The number of rotatable bonds is 1. The number of aldehydes is 1. The number of nitrogens with two attached hydrogens (primary N) is 1. The number of hydrogen-bond acceptors (Lipinski definition) is 3. The van der Waals surface area contributed by atoms with Gasteiger partial charge in [0.15, 0.2) is 0 Å². The highest BCUT2D eigenvalue weighted by Crippen LogP contribution is 2.08. The lowest BCUT2D eigenvalue weighted by molar-refractivity contribution is -0.128. The molecule has 7 heavy (non-hydrogen) atoms. The fraction of sp³-hybridized carbons (Fsp3) is 0.750. The molecule has 3 heteroatoms. The zero-order valence-corrected chi connectivity index (χ0v) is 3.89. The summed E-state index contributed by atoms with van der Waals surface area (Å²) in [6.45, 7) is 0.771. The molecule has 0 amide bonds. The molecule has 0 unspecified atom stereocenters. The van der Waals surface area contributed by atoms with Crippen LogP contribution in [0.2, 0.25) is 0 Å². The average Bonchev–Trinajstić information content (AvgIpc) is 1.61. The van der Waals surface area contributed by atoms with Gasteiger partial charge in [0, 0.05) is 0 Å². The van der Waals surface area contributed by atoms with Crippen LogP contribution in [0.25, 0.3) is 0 Å². The van der Waals surface area contributed by atoms with Crippen LogP contribution in [0.3, 0.4) is 0 Å². The van der Waals surface area contributed by atoms with E-state index < -0.39 is 5.54 Å². The van der Waals surface area contributed by atoms with Crippen LogP contribution in [0.4, 0.5) is 0 Å². The van der Waals surface area contributed by atoms with Crippen LogP contribution in [0.1, 0.15) is 0 Å². The summed E-state index contributed by atoms with van der Waals surface area (Å²) in [4.78, 5) is 9.90. The van der Waals surface area contributed by atoms with E-state index in [0.717, 1.165) is 6.29 Å². The maximum atomic E-state index is 9.90. The molecule has 0 aromatic heterocycles. The van der Waals surface area contributed by atoms with Crippen LogP contribution in [0.5, 0.6) is 0 Å². The molecule has 0 aliphatic carbocycles. The van der Waals surface area contributed by atoms with Crippen molar-refractivity contribution in [1.29, 1.82) is 0 Å². The van der Waals surface area contributed by atoms with Gasteiger partial charge in [0.25, 0.3) is 0 Å². The van der Waals surface area contributed by atoms with Crippen molar-refractivity contribution in [2.45, 2.75) is 5.54 Å². The van der Waals surface area contributed by atoms with Crippen molar-refractivity contribution >= 4 is 6.29 Å². The highest BCUT2D eigenvalue weighted by atomic mass is 16.5. The van der Waals surface area contributed by atoms with Gasteiger partial charge in [-0.3, -0.25) is 0 Å². The number of carbonyl (C=O) groups excluding carboxylic acids is 1. The summed E-state index contributed by atoms with van der Waals surface area (Å²) in [5, 5.41) is 0. The van der Waals surface area contributed by atoms with Gasteiger partial charge in [-0.15, -0.1) is 0 Å². The monoisotopic (exact) mass is 101 g/mol. The van der Waals surface area contributed by atoms with Crippen LogP contribution in [0, 0.1) is 0 Å². The van der Waals surface area contributed by atoms with E-state index in [4.69, 9.17) is 5.73 Å².